The van der Waals surface area contributed by atoms with Crippen molar-refractivity contribution < 1.29 is 48.1 Å². The van der Waals surface area contributed by atoms with Gasteiger partial charge in [0.2, 0.25) is 0 Å². The van der Waals surface area contributed by atoms with Crippen molar-refractivity contribution in [1.29, 1.82) is 0 Å². The van der Waals surface area contributed by atoms with E-state index in [-0.39, 0.29) is 24.8 Å². The van der Waals surface area contributed by atoms with Gasteiger partial charge < -0.3 is 24.8 Å². The van der Waals surface area contributed by atoms with Crippen LogP contribution in [0.3, 0.4) is 0 Å². The molecular weight excluding hydrogens is 611 g/mol. The standard InChI is InChI=1S/2C14H11.C7H7.2ClH.Si.Zr/c2*1-10-8-12-7-6-11-4-2-3-5-13(11)14(12)9-10;1-7-5-3-2-4-6-7;;;;/h2*2-9H,1H3;2-6H,1H2;2*1H;;/q3*-1;;;;+2/p-2. The molecule has 0 aliphatic heterocycles. The zero-order chi connectivity index (χ0) is 26.2. The van der Waals surface area contributed by atoms with E-state index in [1.165, 1.54) is 77.6 Å². The van der Waals surface area contributed by atoms with E-state index in [9.17, 15) is 0 Å². The molecule has 7 aromatic carbocycles. The number of benzene rings is 5. The minimum absolute atomic E-state index is 0. The van der Waals surface area contributed by atoms with E-state index in [1.54, 1.807) is 0 Å². The fourth-order valence-corrected chi connectivity index (χ4v) is 4.71. The van der Waals surface area contributed by atoms with Crippen LogP contribution < -0.4 is 24.8 Å². The predicted molar refractivity (Wildman–Crippen MR) is 160 cm³/mol. The summed E-state index contributed by atoms with van der Waals surface area (Å²) >= 11 is 1.36. The molecule has 0 aromatic heterocycles. The number of hydrogen-bond acceptors (Lipinski definition) is 0. The van der Waals surface area contributed by atoms with Crippen molar-refractivity contribution in [3.05, 3.63) is 151 Å². The van der Waals surface area contributed by atoms with E-state index >= 15 is 0 Å². The zero-order valence-electron chi connectivity index (χ0n) is 22.1. The van der Waals surface area contributed by atoms with Gasteiger partial charge in [-0.1, -0.05) is 91.3 Å². The second-order valence-electron chi connectivity index (χ2n) is 9.13. The van der Waals surface area contributed by atoms with Crippen LogP contribution in [0.4, 0.5) is 0 Å². The first kappa shape index (κ1) is 32.6. The van der Waals surface area contributed by atoms with Crippen molar-refractivity contribution in [1.82, 2.24) is 0 Å². The summed E-state index contributed by atoms with van der Waals surface area (Å²) in [6, 6.07) is 44.7. The van der Waals surface area contributed by atoms with E-state index in [0.717, 1.165) is 5.56 Å². The van der Waals surface area contributed by atoms with Crippen molar-refractivity contribution in [2.75, 3.05) is 0 Å². The maximum absolute atomic E-state index is 3.72. The third-order valence-corrected chi connectivity index (χ3v) is 6.36. The Morgan fingerprint density at radius 2 is 0.897 bits per heavy atom. The first-order chi connectivity index (χ1) is 18.1. The van der Waals surface area contributed by atoms with Gasteiger partial charge in [-0.25, -0.2) is 0 Å². The van der Waals surface area contributed by atoms with Gasteiger partial charge in [-0.05, 0) is 10.8 Å². The van der Waals surface area contributed by atoms with Crippen LogP contribution in [0.15, 0.2) is 127 Å². The molecule has 0 N–H and O–H groups in total. The van der Waals surface area contributed by atoms with Crippen molar-refractivity contribution in [2.24, 2.45) is 0 Å². The summed E-state index contributed by atoms with van der Waals surface area (Å²) in [4.78, 5) is 0. The summed E-state index contributed by atoms with van der Waals surface area (Å²) in [5.41, 5.74) is 3.76. The summed E-state index contributed by atoms with van der Waals surface area (Å²) in [7, 11) is 0. The van der Waals surface area contributed by atoms with E-state index < -0.39 is 0 Å². The number of hydrogen-bond donors (Lipinski definition) is 0. The number of halogens is 2. The van der Waals surface area contributed by atoms with E-state index in [0.29, 0.717) is 0 Å². The Labute approximate surface area is 261 Å². The SMILES string of the molecule is Cc1cc2c(ccc3ccccc32)[cH-]1.Cc1cc2c(ccc3ccccc32)[cH-]1.[CH2-]c1ccccc1.[Cl-].[Cl-].[Si]=[Zr+2]. The quantitative estimate of drug-likeness (QED) is 0.176. The van der Waals surface area contributed by atoms with Gasteiger partial charge >= 0.3 is 30.2 Å². The van der Waals surface area contributed by atoms with Crippen LogP contribution in [0.5, 0.6) is 0 Å². The fraction of sp³-hybridized carbons (Fsp3) is 0.0571. The van der Waals surface area contributed by atoms with Crippen LogP contribution in [0.2, 0.25) is 0 Å². The third-order valence-electron chi connectivity index (χ3n) is 6.36. The summed E-state index contributed by atoms with van der Waals surface area (Å²) in [5, 5.41) is 10.8. The number of aryl methyl sites for hydroxylation is 2. The second kappa shape index (κ2) is 15.8. The Hall–Kier alpha value is -2.61. The van der Waals surface area contributed by atoms with Gasteiger partial charge in [0.05, 0.1) is 0 Å². The molecule has 2 radical (unpaired) electrons. The molecule has 0 unspecified atom stereocenters. The summed E-state index contributed by atoms with van der Waals surface area (Å²) < 4.78 is 0. The van der Waals surface area contributed by atoms with Gasteiger partial charge in [0.15, 0.2) is 0 Å². The third kappa shape index (κ3) is 8.19. The normalized spacial score (nSPS) is 9.74. The molecule has 0 amide bonds. The van der Waals surface area contributed by atoms with Crippen LogP contribution in [0.25, 0.3) is 43.1 Å². The Bertz CT molecular complexity index is 1640. The molecule has 0 saturated carbocycles. The van der Waals surface area contributed by atoms with Crippen molar-refractivity contribution in [2.45, 2.75) is 13.8 Å². The van der Waals surface area contributed by atoms with Crippen LogP contribution in [-0.2, 0) is 23.3 Å². The van der Waals surface area contributed by atoms with Crippen molar-refractivity contribution in [3.8, 4) is 0 Å². The van der Waals surface area contributed by atoms with Gasteiger partial charge in [-0.3, -0.25) is 0 Å². The van der Waals surface area contributed by atoms with Gasteiger partial charge in [0.1, 0.15) is 0 Å². The molecule has 0 atom stereocenters. The predicted octanol–water partition coefficient (Wildman–Crippen LogP) is 3.53. The molecule has 0 aliphatic rings. The molecule has 0 spiro atoms. The molecule has 0 fully saturated rings. The van der Waals surface area contributed by atoms with Crippen LogP contribution in [-0.4, -0.2) is 6.88 Å². The Kier molecular flexibility index (Phi) is 13.2. The molecule has 0 nitrogen and oxygen atoms in total. The average molecular weight is 640 g/mol. The Morgan fingerprint density at radius 3 is 1.28 bits per heavy atom. The molecule has 0 heterocycles. The molecule has 7 aromatic rings. The van der Waals surface area contributed by atoms with E-state index in [1.807, 2.05) is 30.3 Å². The van der Waals surface area contributed by atoms with Gasteiger partial charge in [0, 0.05) is 0 Å². The van der Waals surface area contributed by atoms with Gasteiger partial charge in [-0.15, -0.1) is 69.1 Å². The van der Waals surface area contributed by atoms with E-state index in [2.05, 4.69) is 125 Å². The fourth-order valence-electron chi connectivity index (χ4n) is 4.71. The van der Waals surface area contributed by atoms with Crippen molar-refractivity contribution in [3.63, 3.8) is 0 Å². The molecule has 39 heavy (non-hydrogen) atoms. The Morgan fingerprint density at radius 1 is 0.513 bits per heavy atom. The van der Waals surface area contributed by atoms with E-state index in [4.69, 9.17) is 0 Å². The first-order valence-corrected chi connectivity index (χ1v) is 16.5. The molecule has 4 heteroatoms. The number of fused-ring (bicyclic) bond motifs is 6. The topological polar surface area (TPSA) is 0 Å². The first-order valence-electron chi connectivity index (χ1n) is 12.3. The summed E-state index contributed by atoms with van der Waals surface area (Å²) in [6.45, 7) is 11.1. The molecule has 194 valence electrons. The molecule has 0 bridgehead atoms. The van der Waals surface area contributed by atoms with Crippen LogP contribution >= 0.6 is 0 Å². The molecule has 7 rings (SSSR count). The molecule has 0 saturated heterocycles. The van der Waals surface area contributed by atoms with Crippen LogP contribution in [0, 0.1) is 20.8 Å². The second-order valence-corrected chi connectivity index (χ2v) is 9.13. The van der Waals surface area contributed by atoms with Crippen LogP contribution in [0.1, 0.15) is 16.7 Å². The molecular formula is C35H29Cl2SiZr-3. The summed E-state index contributed by atoms with van der Waals surface area (Å²) in [5.74, 6) is 0. The Balaban J connectivity index is 0.000000203. The van der Waals surface area contributed by atoms with Crippen molar-refractivity contribution >= 4 is 50.0 Å². The number of rotatable bonds is 0. The van der Waals surface area contributed by atoms with Gasteiger partial charge in [0.25, 0.3) is 0 Å². The maximum atomic E-state index is 3.72. The molecule has 0 aliphatic carbocycles. The zero-order valence-corrected chi connectivity index (χ0v) is 27.1. The average Bonchev–Trinajstić information content (AvgIpc) is 3.52. The summed E-state index contributed by atoms with van der Waals surface area (Å²) in [6.07, 6.45) is 0. The minimum atomic E-state index is 0. The van der Waals surface area contributed by atoms with Gasteiger partial charge in [-0.2, -0.15) is 36.8 Å². The monoisotopic (exact) mass is 637 g/mol.